The summed E-state index contributed by atoms with van der Waals surface area (Å²) >= 11 is 6.53. The fourth-order valence-electron chi connectivity index (χ4n) is 4.55. The van der Waals surface area contributed by atoms with Crippen LogP contribution >= 0.6 is 11.6 Å². The van der Waals surface area contributed by atoms with Gasteiger partial charge in [-0.05, 0) is 68.2 Å². The van der Waals surface area contributed by atoms with Crippen molar-refractivity contribution in [2.24, 2.45) is 16.6 Å². The highest BCUT2D eigenvalue weighted by atomic mass is 35.5. The molecule has 0 bridgehead atoms. The van der Waals surface area contributed by atoms with Crippen LogP contribution in [0.5, 0.6) is 0 Å². The maximum absolute atomic E-state index is 10.9. The number of amides is 1. The van der Waals surface area contributed by atoms with Crippen LogP contribution in [0, 0.1) is 5.92 Å². The van der Waals surface area contributed by atoms with Crippen molar-refractivity contribution in [1.82, 2.24) is 10.3 Å². The lowest BCUT2D eigenvalue weighted by atomic mass is 9.93. The number of pyridine rings is 1. The van der Waals surface area contributed by atoms with Crippen molar-refractivity contribution in [3.63, 3.8) is 0 Å². The lowest BCUT2D eigenvalue weighted by Crippen LogP contribution is -2.35. The van der Waals surface area contributed by atoms with E-state index >= 15 is 0 Å². The summed E-state index contributed by atoms with van der Waals surface area (Å²) in [5, 5.41) is 7.60. The van der Waals surface area contributed by atoms with E-state index in [2.05, 4.69) is 39.9 Å². The highest BCUT2D eigenvalue weighted by molar-refractivity contribution is 6.33. The monoisotopic (exact) mass is 483 g/mol. The molecule has 1 amide bonds. The SMILES string of the molecule is NC(=O)CCNC1CCC(=Nc2cc(-c3cccc(NCC4CCOCC4)c3)c(Cl)cn2)CC1. The first kappa shape index (κ1) is 24.6. The van der Waals surface area contributed by atoms with E-state index in [1.807, 2.05) is 6.07 Å². The third kappa shape index (κ3) is 7.26. The Balaban J connectivity index is 1.38. The van der Waals surface area contributed by atoms with Crippen LogP contribution in [-0.4, -0.2) is 48.9 Å². The lowest BCUT2D eigenvalue weighted by Gasteiger charge is -2.24. The summed E-state index contributed by atoms with van der Waals surface area (Å²) in [5.74, 6) is 1.07. The summed E-state index contributed by atoms with van der Waals surface area (Å²) < 4.78 is 5.46. The smallest absolute Gasteiger partial charge is 0.218 e. The minimum absolute atomic E-state index is 0.268. The van der Waals surface area contributed by atoms with Gasteiger partial charge in [0.1, 0.15) is 0 Å². The molecule has 1 saturated heterocycles. The van der Waals surface area contributed by atoms with E-state index in [1.165, 1.54) is 0 Å². The Bertz CT molecular complexity index is 996. The van der Waals surface area contributed by atoms with Gasteiger partial charge in [-0.3, -0.25) is 4.79 Å². The molecule has 0 spiro atoms. The van der Waals surface area contributed by atoms with Gasteiger partial charge in [0, 0.05) is 61.9 Å². The van der Waals surface area contributed by atoms with Crippen LogP contribution in [-0.2, 0) is 9.53 Å². The number of carbonyl (C=O) groups is 1. The number of benzene rings is 1. The van der Waals surface area contributed by atoms with Crippen LogP contribution in [0.4, 0.5) is 11.5 Å². The Hall–Kier alpha value is -2.48. The molecule has 2 heterocycles. The van der Waals surface area contributed by atoms with E-state index in [0.717, 1.165) is 80.8 Å². The third-order valence-electron chi connectivity index (χ3n) is 6.59. The molecule has 1 aromatic carbocycles. The Labute approximate surface area is 206 Å². The first-order valence-electron chi connectivity index (χ1n) is 12.2. The van der Waals surface area contributed by atoms with E-state index in [4.69, 9.17) is 27.1 Å². The Morgan fingerprint density at radius 3 is 2.74 bits per heavy atom. The van der Waals surface area contributed by atoms with E-state index < -0.39 is 0 Å². The van der Waals surface area contributed by atoms with Gasteiger partial charge in [-0.15, -0.1) is 0 Å². The number of nitrogens with two attached hydrogens (primary N) is 1. The van der Waals surface area contributed by atoms with Gasteiger partial charge in [0.25, 0.3) is 0 Å². The molecular weight excluding hydrogens is 450 g/mol. The van der Waals surface area contributed by atoms with E-state index in [0.29, 0.717) is 35.8 Å². The molecule has 7 nitrogen and oxygen atoms in total. The van der Waals surface area contributed by atoms with Crippen LogP contribution in [0.25, 0.3) is 11.1 Å². The van der Waals surface area contributed by atoms with Crippen molar-refractivity contribution in [3.05, 3.63) is 41.6 Å². The molecule has 0 radical (unpaired) electrons. The number of halogens is 1. The second-order valence-corrected chi connectivity index (χ2v) is 9.57. The summed E-state index contributed by atoms with van der Waals surface area (Å²) in [6, 6.07) is 10.7. The van der Waals surface area contributed by atoms with E-state index in [9.17, 15) is 4.79 Å². The molecule has 1 aromatic heterocycles. The average molecular weight is 484 g/mol. The number of primary amides is 1. The number of nitrogens with one attached hydrogen (secondary N) is 2. The van der Waals surface area contributed by atoms with Gasteiger partial charge in [0.2, 0.25) is 5.91 Å². The van der Waals surface area contributed by atoms with Crippen LogP contribution in [0.15, 0.2) is 41.5 Å². The van der Waals surface area contributed by atoms with Crippen molar-refractivity contribution in [1.29, 1.82) is 0 Å². The van der Waals surface area contributed by atoms with Gasteiger partial charge in [-0.1, -0.05) is 23.7 Å². The number of ether oxygens (including phenoxy) is 1. The first-order valence-corrected chi connectivity index (χ1v) is 12.6. The number of aromatic nitrogens is 1. The molecule has 4 rings (SSSR count). The average Bonchev–Trinajstić information content (AvgIpc) is 2.86. The van der Waals surface area contributed by atoms with Crippen molar-refractivity contribution in [3.8, 4) is 11.1 Å². The van der Waals surface area contributed by atoms with Crippen molar-refractivity contribution in [2.45, 2.75) is 51.0 Å². The number of hydrogen-bond acceptors (Lipinski definition) is 6. The van der Waals surface area contributed by atoms with Gasteiger partial charge in [-0.2, -0.15) is 0 Å². The van der Waals surface area contributed by atoms with Gasteiger partial charge < -0.3 is 21.1 Å². The fraction of sp³-hybridized carbons (Fsp3) is 0.500. The Morgan fingerprint density at radius 2 is 1.97 bits per heavy atom. The molecule has 0 atom stereocenters. The second-order valence-electron chi connectivity index (χ2n) is 9.16. The predicted molar refractivity (Wildman–Crippen MR) is 138 cm³/mol. The number of anilines is 1. The van der Waals surface area contributed by atoms with Crippen LogP contribution in [0.1, 0.15) is 44.9 Å². The van der Waals surface area contributed by atoms with Crippen molar-refractivity contribution >= 4 is 34.7 Å². The quantitative estimate of drug-likeness (QED) is 0.479. The molecule has 34 heavy (non-hydrogen) atoms. The number of hydrogen-bond donors (Lipinski definition) is 3. The van der Waals surface area contributed by atoms with Gasteiger partial charge >= 0.3 is 0 Å². The van der Waals surface area contributed by atoms with Gasteiger partial charge in [-0.25, -0.2) is 9.98 Å². The summed E-state index contributed by atoms with van der Waals surface area (Å²) in [4.78, 5) is 20.2. The molecule has 1 saturated carbocycles. The number of carbonyl (C=O) groups excluding carboxylic acids is 1. The normalized spacial score (nSPS) is 19.1. The summed E-state index contributed by atoms with van der Waals surface area (Å²) in [6.45, 7) is 3.30. The maximum atomic E-state index is 10.9. The highest BCUT2D eigenvalue weighted by Gasteiger charge is 2.18. The number of aliphatic imine (C=N–C) groups is 1. The molecular formula is C26H34ClN5O2. The zero-order chi connectivity index (χ0) is 23.8. The van der Waals surface area contributed by atoms with Gasteiger partial charge in [0.05, 0.1) is 5.02 Å². The minimum atomic E-state index is -0.268. The largest absolute Gasteiger partial charge is 0.385 e. The zero-order valence-electron chi connectivity index (χ0n) is 19.6. The summed E-state index contributed by atoms with van der Waals surface area (Å²) in [7, 11) is 0. The first-order chi connectivity index (χ1) is 16.6. The molecule has 0 unspecified atom stereocenters. The minimum Gasteiger partial charge on any atom is -0.385 e. The molecule has 182 valence electrons. The number of nitrogens with zero attached hydrogens (tertiary/aromatic N) is 2. The molecule has 2 aromatic rings. The summed E-state index contributed by atoms with van der Waals surface area (Å²) in [6.07, 6.45) is 8.11. The molecule has 2 aliphatic rings. The molecule has 1 aliphatic heterocycles. The lowest BCUT2D eigenvalue weighted by molar-refractivity contribution is -0.117. The van der Waals surface area contributed by atoms with Crippen LogP contribution in [0.2, 0.25) is 5.02 Å². The molecule has 4 N–H and O–H groups in total. The van der Waals surface area contributed by atoms with Crippen LogP contribution in [0.3, 0.4) is 0 Å². The molecule has 8 heteroatoms. The highest BCUT2D eigenvalue weighted by Crippen LogP contribution is 2.32. The Morgan fingerprint density at radius 1 is 1.18 bits per heavy atom. The van der Waals surface area contributed by atoms with Crippen molar-refractivity contribution in [2.75, 3.05) is 31.6 Å². The Kier molecular flexibility index (Phi) is 8.91. The maximum Gasteiger partial charge on any atom is 0.218 e. The second kappa shape index (κ2) is 12.3. The zero-order valence-corrected chi connectivity index (χ0v) is 20.3. The van der Waals surface area contributed by atoms with Crippen LogP contribution < -0.4 is 16.4 Å². The van der Waals surface area contributed by atoms with Crippen molar-refractivity contribution < 1.29 is 9.53 Å². The molecule has 2 fully saturated rings. The fourth-order valence-corrected chi connectivity index (χ4v) is 4.76. The number of rotatable bonds is 9. The predicted octanol–water partition coefficient (Wildman–Crippen LogP) is 4.72. The van der Waals surface area contributed by atoms with E-state index in [-0.39, 0.29) is 5.91 Å². The standard InChI is InChI=1S/C26H34ClN5O2/c27-24-17-31-26(32-21-6-4-20(5-7-21)29-11-8-25(28)33)15-23(24)19-2-1-3-22(14-19)30-16-18-9-12-34-13-10-18/h1-3,14-15,17-18,20,29-30H,4-13,16H2,(H2,28,33). The third-order valence-corrected chi connectivity index (χ3v) is 6.89. The topological polar surface area (TPSA) is 102 Å². The van der Waals surface area contributed by atoms with E-state index in [1.54, 1.807) is 6.20 Å². The molecule has 1 aliphatic carbocycles. The summed E-state index contributed by atoms with van der Waals surface area (Å²) in [5.41, 5.74) is 9.44. The van der Waals surface area contributed by atoms with Gasteiger partial charge in [0.15, 0.2) is 5.82 Å².